The number of benzene rings is 2. The van der Waals surface area contributed by atoms with Gasteiger partial charge in [-0.1, -0.05) is 59.6 Å². The van der Waals surface area contributed by atoms with Crippen LogP contribution >= 0.6 is 23.2 Å². The Hall–Kier alpha value is -1.07. The second kappa shape index (κ2) is 6.79. The van der Waals surface area contributed by atoms with Crippen LogP contribution in [-0.4, -0.2) is 21.3 Å². The number of rotatable bonds is 5. The molecular formula is C15H14Cl2O3S. The van der Waals surface area contributed by atoms with E-state index in [9.17, 15) is 8.42 Å². The van der Waals surface area contributed by atoms with E-state index >= 15 is 0 Å². The van der Waals surface area contributed by atoms with Gasteiger partial charge in [0.2, 0.25) is 0 Å². The summed E-state index contributed by atoms with van der Waals surface area (Å²) < 4.78 is 27.5. The number of hydrogen-bond acceptors (Lipinski definition) is 3. The van der Waals surface area contributed by atoms with E-state index in [0.29, 0.717) is 10.0 Å². The Balaban J connectivity index is 2.40. The van der Waals surface area contributed by atoms with Crippen LogP contribution in [0.5, 0.6) is 0 Å². The van der Waals surface area contributed by atoms with E-state index in [0.717, 1.165) is 17.4 Å². The van der Waals surface area contributed by atoms with Gasteiger partial charge in [-0.05, 0) is 23.3 Å². The molecule has 6 heteroatoms. The Kier molecular flexibility index (Phi) is 5.27. The van der Waals surface area contributed by atoms with E-state index in [4.69, 9.17) is 27.4 Å². The Morgan fingerprint density at radius 1 is 1.10 bits per heavy atom. The molecule has 0 heterocycles. The third-order valence-corrected chi connectivity index (χ3v) is 4.12. The van der Waals surface area contributed by atoms with Gasteiger partial charge in [-0.15, -0.1) is 0 Å². The Bertz CT molecular complexity index is 715. The molecule has 112 valence electrons. The highest BCUT2D eigenvalue weighted by Gasteiger charge is 2.19. The minimum Gasteiger partial charge on any atom is -0.269 e. The van der Waals surface area contributed by atoms with Crippen LogP contribution in [0.15, 0.2) is 48.5 Å². The maximum absolute atomic E-state index is 11.3. The predicted molar refractivity (Wildman–Crippen MR) is 85.5 cm³/mol. The van der Waals surface area contributed by atoms with Gasteiger partial charge in [-0.25, -0.2) is 0 Å². The van der Waals surface area contributed by atoms with Gasteiger partial charge in [0.1, 0.15) is 0 Å². The van der Waals surface area contributed by atoms with Gasteiger partial charge in [0.15, 0.2) is 0 Å². The molecule has 0 aromatic heterocycles. The van der Waals surface area contributed by atoms with Gasteiger partial charge >= 0.3 is 0 Å². The molecule has 0 radical (unpaired) electrons. The van der Waals surface area contributed by atoms with Crippen molar-refractivity contribution in [1.82, 2.24) is 0 Å². The normalized spacial score (nSPS) is 13.1. The quantitative estimate of drug-likeness (QED) is 0.767. The summed E-state index contributed by atoms with van der Waals surface area (Å²) in [4.78, 5) is 0. The van der Waals surface area contributed by atoms with Crippen molar-refractivity contribution >= 4 is 33.3 Å². The Labute approximate surface area is 134 Å². The lowest BCUT2D eigenvalue weighted by molar-refractivity contribution is 0.308. The van der Waals surface area contributed by atoms with Crippen LogP contribution in [0.3, 0.4) is 0 Å². The molecule has 1 unspecified atom stereocenters. The standard InChI is InChI=1S/C15H14Cl2O3S/c1-21(18,19)20-10-14(11-5-3-2-4-6-11)13-8-7-12(16)9-15(13)17/h2-9,14H,10H2,1H3. The zero-order valence-corrected chi connectivity index (χ0v) is 13.6. The van der Waals surface area contributed by atoms with Crippen molar-refractivity contribution < 1.29 is 12.6 Å². The molecule has 2 aromatic rings. The van der Waals surface area contributed by atoms with Crippen molar-refractivity contribution in [1.29, 1.82) is 0 Å². The van der Waals surface area contributed by atoms with Crippen LogP contribution in [0.25, 0.3) is 0 Å². The molecule has 0 saturated carbocycles. The van der Waals surface area contributed by atoms with Crippen molar-refractivity contribution in [3.8, 4) is 0 Å². The van der Waals surface area contributed by atoms with E-state index in [1.165, 1.54) is 0 Å². The largest absolute Gasteiger partial charge is 0.269 e. The van der Waals surface area contributed by atoms with Gasteiger partial charge in [0, 0.05) is 16.0 Å². The molecule has 0 saturated heterocycles. The lowest BCUT2D eigenvalue weighted by atomic mass is 9.92. The summed E-state index contributed by atoms with van der Waals surface area (Å²) in [5.41, 5.74) is 1.70. The van der Waals surface area contributed by atoms with Gasteiger partial charge in [-0.2, -0.15) is 8.42 Å². The lowest BCUT2D eigenvalue weighted by Gasteiger charge is -2.19. The summed E-state index contributed by atoms with van der Waals surface area (Å²) in [7, 11) is -3.53. The summed E-state index contributed by atoms with van der Waals surface area (Å²) in [6.07, 6.45) is 1.03. The zero-order chi connectivity index (χ0) is 15.5. The summed E-state index contributed by atoms with van der Waals surface area (Å²) >= 11 is 12.1. The first kappa shape index (κ1) is 16.3. The summed E-state index contributed by atoms with van der Waals surface area (Å²) in [6, 6.07) is 14.6. The highest BCUT2D eigenvalue weighted by atomic mass is 35.5. The molecule has 2 aromatic carbocycles. The van der Waals surface area contributed by atoms with Crippen LogP contribution in [0.2, 0.25) is 10.0 Å². The average Bonchev–Trinajstić information content (AvgIpc) is 2.41. The fraction of sp³-hybridized carbons (Fsp3) is 0.200. The smallest absolute Gasteiger partial charge is 0.264 e. The molecule has 1 atom stereocenters. The van der Waals surface area contributed by atoms with Crippen molar-refractivity contribution in [2.75, 3.05) is 12.9 Å². The molecule has 0 fully saturated rings. The third kappa shape index (κ3) is 4.71. The molecule has 2 rings (SSSR count). The molecule has 0 aliphatic rings. The van der Waals surface area contributed by atoms with E-state index in [2.05, 4.69) is 0 Å². The molecule has 21 heavy (non-hydrogen) atoms. The fourth-order valence-corrected chi connectivity index (χ4v) is 2.95. The van der Waals surface area contributed by atoms with Gasteiger partial charge < -0.3 is 0 Å². The number of halogens is 2. The molecule has 0 spiro atoms. The maximum Gasteiger partial charge on any atom is 0.264 e. The lowest BCUT2D eigenvalue weighted by Crippen LogP contribution is -2.14. The monoisotopic (exact) mass is 344 g/mol. The van der Waals surface area contributed by atoms with E-state index in [1.54, 1.807) is 18.2 Å². The van der Waals surface area contributed by atoms with E-state index in [-0.39, 0.29) is 12.5 Å². The zero-order valence-electron chi connectivity index (χ0n) is 11.3. The Morgan fingerprint density at radius 2 is 1.76 bits per heavy atom. The van der Waals surface area contributed by atoms with Crippen molar-refractivity contribution in [3.05, 3.63) is 69.7 Å². The van der Waals surface area contributed by atoms with E-state index < -0.39 is 10.1 Å². The predicted octanol–water partition coefficient (Wildman–Crippen LogP) is 4.10. The van der Waals surface area contributed by atoms with Crippen LogP contribution in [0.4, 0.5) is 0 Å². The molecule has 3 nitrogen and oxygen atoms in total. The summed E-state index contributed by atoms with van der Waals surface area (Å²) in [6.45, 7) is -0.00972. The first-order valence-corrected chi connectivity index (χ1v) is 8.78. The minimum atomic E-state index is -3.53. The van der Waals surface area contributed by atoms with Crippen molar-refractivity contribution in [3.63, 3.8) is 0 Å². The highest BCUT2D eigenvalue weighted by Crippen LogP contribution is 2.32. The summed E-state index contributed by atoms with van der Waals surface area (Å²) in [5.74, 6) is -0.286. The number of hydrogen-bond donors (Lipinski definition) is 0. The van der Waals surface area contributed by atoms with Crippen LogP contribution < -0.4 is 0 Å². The van der Waals surface area contributed by atoms with Crippen LogP contribution in [-0.2, 0) is 14.3 Å². The SMILES string of the molecule is CS(=O)(=O)OCC(c1ccccc1)c1ccc(Cl)cc1Cl. The Morgan fingerprint density at radius 3 is 2.33 bits per heavy atom. The van der Waals surface area contributed by atoms with Crippen molar-refractivity contribution in [2.45, 2.75) is 5.92 Å². The maximum atomic E-state index is 11.3. The first-order chi connectivity index (χ1) is 9.87. The molecule has 0 amide bonds. The molecule has 0 aliphatic heterocycles. The topological polar surface area (TPSA) is 43.4 Å². The van der Waals surface area contributed by atoms with Gasteiger partial charge in [-0.3, -0.25) is 4.18 Å². The van der Waals surface area contributed by atoms with Gasteiger partial charge in [0.05, 0.1) is 12.9 Å². The third-order valence-electron chi connectivity index (χ3n) is 2.99. The summed E-state index contributed by atoms with van der Waals surface area (Å²) in [5, 5.41) is 1.01. The highest BCUT2D eigenvalue weighted by molar-refractivity contribution is 7.85. The molecule has 0 bridgehead atoms. The molecule has 0 N–H and O–H groups in total. The van der Waals surface area contributed by atoms with Gasteiger partial charge in [0.25, 0.3) is 10.1 Å². The fourth-order valence-electron chi connectivity index (χ4n) is 2.03. The second-order valence-electron chi connectivity index (χ2n) is 4.62. The van der Waals surface area contributed by atoms with Crippen LogP contribution in [0.1, 0.15) is 17.0 Å². The molecular weight excluding hydrogens is 331 g/mol. The minimum absolute atomic E-state index is 0.00972. The second-order valence-corrected chi connectivity index (χ2v) is 7.11. The van der Waals surface area contributed by atoms with Crippen molar-refractivity contribution in [2.24, 2.45) is 0 Å². The van der Waals surface area contributed by atoms with Crippen LogP contribution in [0, 0.1) is 0 Å². The molecule has 0 aliphatic carbocycles. The average molecular weight is 345 g/mol. The first-order valence-electron chi connectivity index (χ1n) is 6.21. The van der Waals surface area contributed by atoms with E-state index in [1.807, 2.05) is 30.3 Å².